The van der Waals surface area contributed by atoms with Gasteiger partial charge in [0.15, 0.2) is 0 Å². The summed E-state index contributed by atoms with van der Waals surface area (Å²) in [5.41, 5.74) is -0.285. The number of nitrogens with one attached hydrogen (secondary N) is 1. The molecule has 2 N–H and O–H groups in total. The highest BCUT2D eigenvalue weighted by Gasteiger charge is 2.21. The van der Waals surface area contributed by atoms with Crippen LogP contribution in [0.1, 0.15) is 15.9 Å². The number of hydrogen-bond donors (Lipinski definition) is 2. The first-order chi connectivity index (χ1) is 10.8. The third kappa shape index (κ3) is 4.68. The van der Waals surface area contributed by atoms with Gasteiger partial charge < -0.3 is 5.11 Å². The number of benzene rings is 2. The second kappa shape index (κ2) is 7.31. The van der Waals surface area contributed by atoms with Crippen molar-refractivity contribution in [2.45, 2.75) is 16.8 Å². The van der Waals surface area contributed by atoms with E-state index in [9.17, 15) is 13.2 Å². The maximum absolute atomic E-state index is 12.3. The normalized spacial score (nSPS) is 12.8. The molecule has 0 fully saturated rings. The molecule has 0 aliphatic rings. The van der Waals surface area contributed by atoms with Crippen LogP contribution in [0.2, 0.25) is 5.02 Å². The topological polar surface area (TPSA) is 83.5 Å². The molecule has 0 bridgehead atoms. The minimum atomic E-state index is -3.96. The van der Waals surface area contributed by atoms with Crippen molar-refractivity contribution in [3.8, 4) is 0 Å². The molecule has 0 heterocycles. The van der Waals surface area contributed by atoms with Gasteiger partial charge in [-0.05, 0) is 23.8 Å². The van der Waals surface area contributed by atoms with E-state index < -0.39 is 21.5 Å². The quantitative estimate of drug-likeness (QED) is 0.601. The number of carboxylic acid groups (broad SMARTS) is 1. The maximum atomic E-state index is 12.3. The van der Waals surface area contributed by atoms with Crippen LogP contribution in [0.25, 0.3) is 0 Å². The molecule has 0 aromatic heterocycles. The van der Waals surface area contributed by atoms with E-state index in [4.69, 9.17) is 28.3 Å². The van der Waals surface area contributed by atoms with Gasteiger partial charge in [0.25, 0.3) is 0 Å². The predicted octanol–water partition coefficient (Wildman–Crippen LogP) is 3.12. The second-order valence-corrected chi connectivity index (χ2v) is 7.37. The summed E-state index contributed by atoms with van der Waals surface area (Å²) in [6, 6.07) is 12.6. The maximum Gasteiger partial charge on any atom is 0.337 e. The molecule has 0 saturated heterocycles. The fourth-order valence-electron chi connectivity index (χ4n) is 1.93. The van der Waals surface area contributed by atoms with Gasteiger partial charge in [0.2, 0.25) is 10.0 Å². The molecule has 23 heavy (non-hydrogen) atoms. The molecule has 0 radical (unpaired) electrons. The number of carbonyl (C=O) groups is 1. The van der Waals surface area contributed by atoms with E-state index in [1.807, 2.05) is 30.3 Å². The molecule has 0 amide bonds. The summed E-state index contributed by atoms with van der Waals surface area (Å²) in [6.07, 6.45) is 0.293. The van der Waals surface area contributed by atoms with E-state index >= 15 is 0 Å². The molecular weight excluding hydrogens is 361 g/mol. The van der Waals surface area contributed by atoms with Crippen molar-refractivity contribution in [1.29, 1.82) is 0 Å². The molecule has 2 aromatic carbocycles. The summed E-state index contributed by atoms with van der Waals surface area (Å²) in [5, 5.41) is 8.97. The van der Waals surface area contributed by atoms with Gasteiger partial charge in [0, 0.05) is 6.42 Å². The molecule has 122 valence electrons. The summed E-state index contributed by atoms with van der Waals surface area (Å²) in [7, 11) is -3.96. The minimum Gasteiger partial charge on any atom is -0.478 e. The lowest BCUT2D eigenvalue weighted by Crippen LogP contribution is -2.32. The van der Waals surface area contributed by atoms with Crippen molar-refractivity contribution < 1.29 is 18.3 Å². The van der Waals surface area contributed by atoms with E-state index in [1.54, 1.807) is 0 Å². The van der Waals surface area contributed by atoms with E-state index in [0.717, 1.165) is 11.6 Å². The van der Waals surface area contributed by atoms with Gasteiger partial charge in [0.1, 0.15) is 5.50 Å². The van der Waals surface area contributed by atoms with Crippen molar-refractivity contribution in [1.82, 2.24) is 4.72 Å². The highest BCUT2D eigenvalue weighted by molar-refractivity contribution is 7.89. The first-order valence-corrected chi connectivity index (χ1v) is 8.82. The summed E-state index contributed by atoms with van der Waals surface area (Å²) in [4.78, 5) is 10.8. The summed E-state index contributed by atoms with van der Waals surface area (Å²) < 4.78 is 26.9. The van der Waals surface area contributed by atoms with Crippen LogP contribution in [-0.4, -0.2) is 25.0 Å². The highest BCUT2D eigenvalue weighted by atomic mass is 35.5. The van der Waals surface area contributed by atoms with Gasteiger partial charge in [-0.15, -0.1) is 11.6 Å². The zero-order chi connectivity index (χ0) is 17.0. The van der Waals surface area contributed by atoms with Gasteiger partial charge in [-0.25, -0.2) is 13.2 Å². The SMILES string of the molecule is O=C(O)c1cc(S(=O)(=O)NC(Cl)Cc2ccccc2)ccc1Cl. The van der Waals surface area contributed by atoms with Crippen molar-refractivity contribution in [2.75, 3.05) is 0 Å². The van der Waals surface area contributed by atoms with Crippen LogP contribution >= 0.6 is 23.2 Å². The van der Waals surface area contributed by atoms with Crippen LogP contribution in [0.3, 0.4) is 0 Å². The molecule has 0 spiro atoms. The third-order valence-electron chi connectivity index (χ3n) is 3.02. The predicted molar refractivity (Wildman–Crippen MR) is 88.5 cm³/mol. The fourth-order valence-corrected chi connectivity index (χ4v) is 3.74. The molecule has 0 aliphatic heterocycles. The van der Waals surface area contributed by atoms with E-state index in [1.165, 1.54) is 12.1 Å². The standard InChI is InChI=1S/C15H13Cl2NO4S/c16-13-7-6-11(9-12(13)15(19)20)23(21,22)18-14(17)8-10-4-2-1-3-5-10/h1-7,9,14,18H,8H2,(H,19,20). The van der Waals surface area contributed by atoms with Gasteiger partial charge in [0.05, 0.1) is 15.5 Å². The van der Waals surface area contributed by atoms with Crippen LogP contribution in [0.4, 0.5) is 0 Å². The number of hydrogen-bond acceptors (Lipinski definition) is 3. The fraction of sp³-hybridized carbons (Fsp3) is 0.133. The van der Waals surface area contributed by atoms with Gasteiger partial charge in [-0.2, -0.15) is 4.72 Å². The lowest BCUT2D eigenvalue weighted by atomic mass is 10.2. The highest BCUT2D eigenvalue weighted by Crippen LogP contribution is 2.21. The summed E-state index contributed by atoms with van der Waals surface area (Å²) in [5.74, 6) is -1.31. The Balaban J connectivity index is 2.18. The lowest BCUT2D eigenvalue weighted by molar-refractivity contribution is 0.0697. The first kappa shape index (κ1) is 17.7. The van der Waals surface area contributed by atoms with Crippen molar-refractivity contribution >= 4 is 39.2 Å². The molecule has 1 atom stereocenters. The van der Waals surface area contributed by atoms with Crippen LogP contribution in [0.15, 0.2) is 53.4 Å². The summed E-state index contributed by atoms with van der Waals surface area (Å²) >= 11 is 11.8. The van der Waals surface area contributed by atoms with E-state index in [0.29, 0.717) is 6.42 Å². The molecular formula is C15H13Cl2NO4S. The third-order valence-corrected chi connectivity index (χ3v) is 5.21. The van der Waals surface area contributed by atoms with Gasteiger partial charge in [-0.1, -0.05) is 41.9 Å². The van der Waals surface area contributed by atoms with Crippen LogP contribution in [-0.2, 0) is 16.4 Å². The number of halogens is 2. The van der Waals surface area contributed by atoms with Gasteiger partial charge >= 0.3 is 5.97 Å². The number of sulfonamides is 1. The smallest absolute Gasteiger partial charge is 0.337 e. The largest absolute Gasteiger partial charge is 0.478 e. The Morgan fingerprint density at radius 1 is 1.17 bits per heavy atom. The molecule has 8 heteroatoms. The van der Waals surface area contributed by atoms with Crippen LogP contribution in [0, 0.1) is 0 Å². The Morgan fingerprint density at radius 2 is 1.83 bits per heavy atom. The zero-order valence-corrected chi connectivity index (χ0v) is 14.1. The van der Waals surface area contributed by atoms with E-state index in [-0.39, 0.29) is 15.5 Å². The van der Waals surface area contributed by atoms with Crippen LogP contribution in [0.5, 0.6) is 0 Å². The average molecular weight is 374 g/mol. The monoisotopic (exact) mass is 373 g/mol. The van der Waals surface area contributed by atoms with Gasteiger partial charge in [-0.3, -0.25) is 0 Å². The second-order valence-electron chi connectivity index (χ2n) is 4.73. The number of alkyl halides is 1. The number of rotatable bonds is 6. The average Bonchev–Trinajstić information content (AvgIpc) is 2.47. The Labute approximate surface area is 143 Å². The van der Waals surface area contributed by atoms with Crippen molar-refractivity contribution in [2.24, 2.45) is 0 Å². The molecule has 0 saturated carbocycles. The lowest BCUT2D eigenvalue weighted by Gasteiger charge is -2.13. The number of carboxylic acids is 1. The zero-order valence-electron chi connectivity index (χ0n) is 11.7. The molecule has 0 aliphatic carbocycles. The van der Waals surface area contributed by atoms with E-state index in [2.05, 4.69) is 4.72 Å². The van der Waals surface area contributed by atoms with Crippen molar-refractivity contribution in [3.63, 3.8) is 0 Å². The molecule has 2 rings (SSSR count). The molecule has 1 unspecified atom stereocenters. The Morgan fingerprint density at radius 3 is 2.43 bits per heavy atom. The minimum absolute atomic E-state index is 0.0387. The van der Waals surface area contributed by atoms with Crippen molar-refractivity contribution in [3.05, 3.63) is 64.7 Å². The molecule has 2 aromatic rings. The number of aromatic carboxylic acids is 1. The Bertz CT molecular complexity index is 809. The summed E-state index contributed by atoms with van der Waals surface area (Å²) in [6.45, 7) is 0. The molecule has 5 nitrogen and oxygen atoms in total. The van der Waals surface area contributed by atoms with Crippen LogP contribution < -0.4 is 4.72 Å². The Kier molecular flexibility index (Phi) is 5.64. The first-order valence-electron chi connectivity index (χ1n) is 6.53. The Hall–Kier alpha value is -1.60.